The normalized spacial score (nSPS) is 14.1. The molecule has 0 amide bonds. The Balaban J connectivity index is 3.70. The summed E-state index contributed by atoms with van der Waals surface area (Å²) in [5.41, 5.74) is 0. The Hall–Kier alpha value is -0.0800. The number of hydrogen-bond acceptors (Lipinski definition) is 2. The maximum atomic E-state index is 9.88. The summed E-state index contributed by atoms with van der Waals surface area (Å²) in [6, 6.07) is 0.520. The molecule has 140 valence electrons. The van der Waals surface area contributed by atoms with Crippen LogP contribution < -0.4 is 5.32 Å². The first kappa shape index (κ1) is 22.9. The summed E-state index contributed by atoms with van der Waals surface area (Å²) in [7, 11) is 0. The molecule has 0 fully saturated rings. The highest BCUT2D eigenvalue weighted by Crippen LogP contribution is 2.15. The zero-order chi connectivity index (χ0) is 17.2. The van der Waals surface area contributed by atoms with Crippen LogP contribution in [0, 0.1) is 0 Å². The maximum Gasteiger partial charge on any atom is 0.104 e. The molecule has 0 heterocycles. The molecule has 0 aliphatic carbocycles. The van der Waals surface area contributed by atoms with Crippen LogP contribution >= 0.6 is 0 Å². The van der Waals surface area contributed by atoms with Crippen molar-refractivity contribution >= 4 is 0 Å². The largest absolute Gasteiger partial charge is 0.379 e. The van der Waals surface area contributed by atoms with E-state index in [1.165, 1.54) is 96.3 Å². The summed E-state index contributed by atoms with van der Waals surface area (Å²) in [4.78, 5) is 0. The third-order valence-corrected chi connectivity index (χ3v) is 4.88. The van der Waals surface area contributed by atoms with Crippen LogP contribution in [-0.2, 0) is 0 Å². The molecule has 0 aromatic rings. The second-order valence-corrected chi connectivity index (χ2v) is 7.25. The molecule has 2 heteroatoms. The first-order valence-electron chi connectivity index (χ1n) is 10.7. The van der Waals surface area contributed by atoms with Crippen LogP contribution in [0.25, 0.3) is 0 Å². The first-order chi connectivity index (χ1) is 11.2. The van der Waals surface area contributed by atoms with E-state index < -0.39 is 0 Å². The van der Waals surface area contributed by atoms with Gasteiger partial charge in [-0.15, -0.1) is 0 Å². The van der Waals surface area contributed by atoms with Gasteiger partial charge in [-0.1, -0.05) is 104 Å². The van der Waals surface area contributed by atoms with Crippen LogP contribution in [0.1, 0.15) is 124 Å². The van der Waals surface area contributed by atoms with Crippen LogP contribution in [0.5, 0.6) is 0 Å². The fourth-order valence-electron chi connectivity index (χ4n) is 3.22. The molecular weight excluding hydrogens is 282 g/mol. The molecule has 0 aliphatic heterocycles. The van der Waals surface area contributed by atoms with Crippen molar-refractivity contribution < 1.29 is 5.11 Å². The lowest BCUT2D eigenvalue weighted by Crippen LogP contribution is -2.37. The number of rotatable bonds is 18. The SMILES string of the molecule is CCCCCCCCCCC(CCCCCCC)NC(O)CC. The fraction of sp³-hybridized carbons (Fsp3) is 1.00. The second-order valence-electron chi connectivity index (χ2n) is 7.25. The van der Waals surface area contributed by atoms with Gasteiger partial charge in [0.2, 0.25) is 0 Å². The number of hydrogen-bond donors (Lipinski definition) is 2. The Morgan fingerprint density at radius 3 is 1.39 bits per heavy atom. The summed E-state index contributed by atoms with van der Waals surface area (Å²) < 4.78 is 0. The summed E-state index contributed by atoms with van der Waals surface area (Å²) in [5, 5.41) is 13.3. The average Bonchev–Trinajstić information content (AvgIpc) is 2.56. The molecule has 0 aliphatic rings. The highest BCUT2D eigenvalue weighted by Gasteiger charge is 2.11. The Labute approximate surface area is 146 Å². The Bertz CT molecular complexity index is 220. The number of unbranched alkanes of at least 4 members (excludes halogenated alkanes) is 11. The van der Waals surface area contributed by atoms with E-state index in [1.807, 2.05) is 6.92 Å². The van der Waals surface area contributed by atoms with Crippen molar-refractivity contribution in [1.29, 1.82) is 0 Å². The van der Waals surface area contributed by atoms with Gasteiger partial charge in [0, 0.05) is 6.04 Å². The van der Waals surface area contributed by atoms with Gasteiger partial charge in [0.25, 0.3) is 0 Å². The maximum absolute atomic E-state index is 9.88. The van der Waals surface area contributed by atoms with E-state index in [9.17, 15) is 5.11 Å². The predicted octanol–water partition coefficient (Wildman–Crippen LogP) is 6.56. The van der Waals surface area contributed by atoms with Crippen LogP contribution in [-0.4, -0.2) is 17.4 Å². The van der Waals surface area contributed by atoms with Crippen molar-refractivity contribution in [1.82, 2.24) is 5.32 Å². The van der Waals surface area contributed by atoms with E-state index in [4.69, 9.17) is 0 Å². The van der Waals surface area contributed by atoms with E-state index in [0.29, 0.717) is 6.04 Å². The monoisotopic (exact) mass is 327 g/mol. The molecule has 0 bridgehead atoms. The predicted molar refractivity (Wildman–Crippen MR) is 104 cm³/mol. The zero-order valence-electron chi connectivity index (χ0n) is 16.4. The van der Waals surface area contributed by atoms with Crippen molar-refractivity contribution in [3.63, 3.8) is 0 Å². The molecule has 23 heavy (non-hydrogen) atoms. The lowest BCUT2D eigenvalue weighted by atomic mass is 9.99. The first-order valence-corrected chi connectivity index (χ1v) is 10.7. The van der Waals surface area contributed by atoms with Gasteiger partial charge in [-0.05, 0) is 19.3 Å². The standard InChI is InChI=1S/C21H45NO/c1-4-7-9-11-12-13-15-17-19-20(22-21(23)6-3)18-16-14-10-8-5-2/h20-23H,4-19H2,1-3H3. The summed E-state index contributed by atoms with van der Waals surface area (Å²) in [6.45, 7) is 6.59. The number of nitrogens with one attached hydrogen (secondary N) is 1. The molecule has 0 rings (SSSR count). The molecule has 0 radical (unpaired) electrons. The minimum Gasteiger partial charge on any atom is -0.379 e. The van der Waals surface area contributed by atoms with Crippen molar-refractivity contribution in [3.8, 4) is 0 Å². The minimum atomic E-state index is -0.315. The molecule has 0 spiro atoms. The van der Waals surface area contributed by atoms with E-state index in [2.05, 4.69) is 19.2 Å². The van der Waals surface area contributed by atoms with Crippen molar-refractivity contribution in [2.24, 2.45) is 0 Å². The fourth-order valence-corrected chi connectivity index (χ4v) is 3.22. The molecule has 2 atom stereocenters. The smallest absolute Gasteiger partial charge is 0.104 e. The van der Waals surface area contributed by atoms with Gasteiger partial charge in [-0.3, -0.25) is 5.32 Å². The molecule has 0 aromatic carbocycles. The van der Waals surface area contributed by atoms with E-state index >= 15 is 0 Å². The minimum absolute atomic E-state index is 0.315. The van der Waals surface area contributed by atoms with Crippen molar-refractivity contribution in [2.45, 2.75) is 136 Å². The molecular formula is C21H45NO. The topological polar surface area (TPSA) is 32.3 Å². The highest BCUT2D eigenvalue weighted by molar-refractivity contribution is 4.69. The average molecular weight is 328 g/mol. The lowest BCUT2D eigenvalue weighted by Gasteiger charge is -2.22. The Morgan fingerprint density at radius 1 is 0.609 bits per heavy atom. The van der Waals surface area contributed by atoms with Gasteiger partial charge in [0.15, 0.2) is 0 Å². The molecule has 2 unspecified atom stereocenters. The lowest BCUT2D eigenvalue weighted by molar-refractivity contribution is 0.113. The Morgan fingerprint density at radius 2 is 1.00 bits per heavy atom. The van der Waals surface area contributed by atoms with Gasteiger partial charge in [0.1, 0.15) is 6.23 Å². The molecule has 0 saturated carbocycles. The summed E-state index contributed by atoms with van der Waals surface area (Å²) in [5.74, 6) is 0. The summed E-state index contributed by atoms with van der Waals surface area (Å²) >= 11 is 0. The van der Waals surface area contributed by atoms with E-state index in [0.717, 1.165) is 6.42 Å². The van der Waals surface area contributed by atoms with Crippen LogP contribution in [0.3, 0.4) is 0 Å². The van der Waals surface area contributed by atoms with Gasteiger partial charge < -0.3 is 5.11 Å². The third-order valence-electron chi connectivity index (χ3n) is 4.88. The molecule has 2 N–H and O–H groups in total. The Kier molecular flexibility index (Phi) is 18.2. The molecule has 0 aromatic heterocycles. The van der Waals surface area contributed by atoms with Crippen LogP contribution in [0.2, 0.25) is 0 Å². The number of aliphatic hydroxyl groups is 1. The molecule has 0 saturated heterocycles. The third kappa shape index (κ3) is 16.6. The van der Waals surface area contributed by atoms with Gasteiger partial charge in [-0.2, -0.15) is 0 Å². The van der Waals surface area contributed by atoms with Gasteiger partial charge in [-0.25, -0.2) is 0 Å². The van der Waals surface area contributed by atoms with Crippen LogP contribution in [0.15, 0.2) is 0 Å². The van der Waals surface area contributed by atoms with E-state index in [-0.39, 0.29) is 6.23 Å². The number of aliphatic hydroxyl groups excluding tert-OH is 1. The quantitative estimate of drug-likeness (QED) is 0.220. The summed E-state index contributed by atoms with van der Waals surface area (Å²) in [6.07, 6.45) is 20.7. The zero-order valence-corrected chi connectivity index (χ0v) is 16.4. The highest BCUT2D eigenvalue weighted by atomic mass is 16.3. The van der Waals surface area contributed by atoms with Crippen molar-refractivity contribution in [3.05, 3.63) is 0 Å². The van der Waals surface area contributed by atoms with Crippen LogP contribution in [0.4, 0.5) is 0 Å². The van der Waals surface area contributed by atoms with Crippen molar-refractivity contribution in [2.75, 3.05) is 0 Å². The van der Waals surface area contributed by atoms with E-state index in [1.54, 1.807) is 0 Å². The van der Waals surface area contributed by atoms with Gasteiger partial charge >= 0.3 is 0 Å². The second kappa shape index (κ2) is 18.3. The van der Waals surface area contributed by atoms with Gasteiger partial charge in [0.05, 0.1) is 0 Å². The molecule has 2 nitrogen and oxygen atoms in total.